The molecule has 1 rings (SSSR count). The van der Waals surface area contributed by atoms with Crippen molar-refractivity contribution >= 4 is 0 Å². The Bertz CT molecular complexity index is 107. The van der Waals surface area contributed by atoms with Crippen molar-refractivity contribution in [2.75, 3.05) is 0 Å². The average molecular weight is 155 g/mol. The van der Waals surface area contributed by atoms with Crippen LogP contribution in [0.4, 0.5) is 0 Å². The molecular formula is C10H21N. The Morgan fingerprint density at radius 3 is 2.45 bits per heavy atom. The van der Waals surface area contributed by atoms with Gasteiger partial charge in [-0.25, -0.2) is 0 Å². The van der Waals surface area contributed by atoms with Crippen LogP contribution in [-0.4, -0.2) is 12.1 Å². The fourth-order valence-corrected chi connectivity index (χ4v) is 1.70. The number of nitrogens with one attached hydrogen (secondary N) is 1. The topological polar surface area (TPSA) is 12.0 Å². The first-order chi connectivity index (χ1) is 5.24. The minimum Gasteiger partial charge on any atom is -0.312 e. The highest BCUT2D eigenvalue weighted by atomic mass is 14.9. The first kappa shape index (κ1) is 9.05. The molecule has 1 heteroatoms. The van der Waals surface area contributed by atoms with Crippen molar-refractivity contribution in [1.82, 2.24) is 5.32 Å². The molecule has 1 N–H and O–H groups in total. The van der Waals surface area contributed by atoms with Crippen LogP contribution in [0.3, 0.4) is 0 Å². The van der Waals surface area contributed by atoms with Gasteiger partial charge in [0.2, 0.25) is 0 Å². The highest BCUT2D eigenvalue weighted by molar-refractivity contribution is 4.84. The summed E-state index contributed by atoms with van der Waals surface area (Å²) in [5.74, 6) is 0.995. The van der Waals surface area contributed by atoms with E-state index in [2.05, 4.69) is 26.1 Å². The molecule has 11 heavy (non-hydrogen) atoms. The highest BCUT2D eigenvalue weighted by Crippen LogP contribution is 2.32. The Labute approximate surface area is 70.6 Å². The molecule has 1 aliphatic rings. The molecule has 1 nitrogen and oxygen atoms in total. The van der Waals surface area contributed by atoms with Crippen LogP contribution in [-0.2, 0) is 0 Å². The van der Waals surface area contributed by atoms with Gasteiger partial charge < -0.3 is 5.32 Å². The van der Waals surface area contributed by atoms with Crippen molar-refractivity contribution < 1.29 is 0 Å². The summed E-state index contributed by atoms with van der Waals surface area (Å²) in [6, 6.07) is 1.48. The van der Waals surface area contributed by atoms with E-state index in [0.717, 1.165) is 18.0 Å². The molecule has 1 fully saturated rings. The molecule has 0 radical (unpaired) electrons. The van der Waals surface area contributed by atoms with Gasteiger partial charge in [-0.15, -0.1) is 0 Å². The molecule has 0 saturated heterocycles. The predicted octanol–water partition coefficient (Wildman–Crippen LogP) is 2.56. The molecular weight excluding hydrogens is 134 g/mol. The lowest BCUT2D eigenvalue weighted by Gasteiger charge is -2.18. The van der Waals surface area contributed by atoms with Gasteiger partial charge in [-0.1, -0.05) is 13.3 Å². The Morgan fingerprint density at radius 1 is 1.36 bits per heavy atom. The third kappa shape index (κ3) is 3.24. The lowest BCUT2D eigenvalue weighted by Crippen LogP contribution is -2.35. The summed E-state index contributed by atoms with van der Waals surface area (Å²) in [7, 11) is 0. The maximum absolute atomic E-state index is 3.64. The fraction of sp³-hybridized carbons (Fsp3) is 1.00. The minimum absolute atomic E-state index is 0.718. The van der Waals surface area contributed by atoms with E-state index in [1.54, 1.807) is 0 Å². The molecule has 66 valence electrons. The van der Waals surface area contributed by atoms with Crippen LogP contribution in [0.2, 0.25) is 0 Å². The Balaban J connectivity index is 2.07. The number of hydrogen-bond acceptors (Lipinski definition) is 1. The van der Waals surface area contributed by atoms with E-state index in [-0.39, 0.29) is 0 Å². The van der Waals surface area contributed by atoms with E-state index in [1.807, 2.05) is 0 Å². The van der Waals surface area contributed by atoms with Crippen LogP contribution < -0.4 is 5.32 Å². The second kappa shape index (κ2) is 4.10. The third-order valence-electron chi connectivity index (χ3n) is 2.60. The predicted molar refractivity (Wildman–Crippen MR) is 49.7 cm³/mol. The fourth-order valence-electron chi connectivity index (χ4n) is 1.70. The van der Waals surface area contributed by atoms with E-state index in [4.69, 9.17) is 0 Å². The van der Waals surface area contributed by atoms with Gasteiger partial charge in [0, 0.05) is 12.1 Å². The quantitative estimate of drug-likeness (QED) is 0.643. The van der Waals surface area contributed by atoms with Gasteiger partial charge in [-0.2, -0.15) is 0 Å². The number of hydrogen-bond donors (Lipinski definition) is 1. The first-order valence-electron chi connectivity index (χ1n) is 5.00. The van der Waals surface area contributed by atoms with E-state index < -0.39 is 0 Å². The SMILES string of the molecule is CCCC(C)NC(C)C1CC1. The molecule has 0 spiro atoms. The van der Waals surface area contributed by atoms with Crippen molar-refractivity contribution in [2.45, 2.75) is 58.5 Å². The monoisotopic (exact) mass is 155 g/mol. The molecule has 0 aliphatic heterocycles. The van der Waals surface area contributed by atoms with E-state index in [1.165, 1.54) is 25.7 Å². The average Bonchev–Trinajstić information content (AvgIpc) is 2.67. The smallest absolute Gasteiger partial charge is 0.00694 e. The summed E-state index contributed by atoms with van der Waals surface area (Å²) in [6.45, 7) is 6.87. The second-order valence-electron chi connectivity index (χ2n) is 3.98. The van der Waals surface area contributed by atoms with Crippen LogP contribution >= 0.6 is 0 Å². The molecule has 2 unspecified atom stereocenters. The van der Waals surface area contributed by atoms with Crippen LogP contribution in [0.25, 0.3) is 0 Å². The standard InChI is InChI=1S/C10H21N/c1-4-5-8(2)11-9(3)10-6-7-10/h8-11H,4-7H2,1-3H3. The Hall–Kier alpha value is -0.0400. The van der Waals surface area contributed by atoms with Crippen molar-refractivity contribution in [1.29, 1.82) is 0 Å². The van der Waals surface area contributed by atoms with Gasteiger partial charge in [0.1, 0.15) is 0 Å². The second-order valence-corrected chi connectivity index (χ2v) is 3.98. The van der Waals surface area contributed by atoms with Gasteiger partial charge >= 0.3 is 0 Å². The summed E-state index contributed by atoms with van der Waals surface area (Å²) in [5, 5.41) is 3.64. The molecule has 0 amide bonds. The van der Waals surface area contributed by atoms with Crippen LogP contribution in [0.5, 0.6) is 0 Å². The highest BCUT2D eigenvalue weighted by Gasteiger charge is 2.28. The van der Waals surface area contributed by atoms with Gasteiger partial charge in [-0.05, 0) is 39.0 Å². The van der Waals surface area contributed by atoms with Gasteiger partial charge in [0.05, 0.1) is 0 Å². The molecule has 0 aromatic heterocycles. The first-order valence-corrected chi connectivity index (χ1v) is 5.00. The van der Waals surface area contributed by atoms with Gasteiger partial charge in [-0.3, -0.25) is 0 Å². The zero-order valence-corrected chi connectivity index (χ0v) is 8.06. The molecule has 0 aromatic rings. The van der Waals surface area contributed by atoms with E-state index in [0.29, 0.717) is 0 Å². The Kier molecular flexibility index (Phi) is 3.38. The van der Waals surface area contributed by atoms with Crippen molar-refractivity contribution in [2.24, 2.45) is 5.92 Å². The van der Waals surface area contributed by atoms with Crippen LogP contribution in [0, 0.1) is 5.92 Å². The zero-order chi connectivity index (χ0) is 8.27. The minimum atomic E-state index is 0.718. The molecule has 0 bridgehead atoms. The molecule has 1 aliphatic carbocycles. The van der Waals surface area contributed by atoms with E-state index in [9.17, 15) is 0 Å². The van der Waals surface area contributed by atoms with E-state index >= 15 is 0 Å². The van der Waals surface area contributed by atoms with Crippen molar-refractivity contribution in [3.63, 3.8) is 0 Å². The maximum atomic E-state index is 3.64. The molecule has 2 atom stereocenters. The zero-order valence-electron chi connectivity index (χ0n) is 8.06. The summed E-state index contributed by atoms with van der Waals surface area (Å²) in [4.78, 5) is 0. The summed E-state index contributed by atoms with van der Waals surface area (Å²) in [5.41, 5.74) is 0. The van der Waals surface area contributed by atoms with Gasteiger partial charge in [0.25, 0.3) is 0 Å². The number of rotatable bonds is 5. The molecule has 0 heterocycles. The van der Waals surface area contributed by atoms with Crippen molar-refractivity contribution in [3.05, 3.63) is 0 Å². The third-order valence-corrected chi connectivity index (χ3v) is 2.60. The largest absolute Gasteiger partial charge is 0.312 e. The summed E-state index contributed by atoms with van der Waals surface area (Å²) < 4.78 is 0. The summed E-state index contributed by atoms with van der Waals surface area (Å²) in [6.07, 6.45) is 5.52. The molecule has 0 aromatic carbocycles. The van der Waals surface area contributed by atoms with Crippen LogP contribution in [0.15, 0.2) is 0 Å². The van der Waals surface area contributed by atoms with Crippen LogP contribution in [0.1, 0.15) is 46.5 Å². The van der Waals surface area contributed by atoms with Gasteiger partial charge in [0.15, 0.2) is 0 Å². The summed E-state index contributed by atoms with van der Waals surface area (Å²) >= 11 is 0. The molecule has 1 saturated carbocycles. The lowest BCUT2D eigenvalue weighted by atomic mass is 10.1. The Morgan fingerprint density at radius 2 is 2.00 bits per heavy atom. The maximum Gasteiger partial charge on any atom is 0.00694 e. The normalized spacial score (nSPS) is 23.2. The lowest BCUT2D eigenvalue weighted by molar-refractivity contribution is 0.413. The van der Waals surface area contributed by atoms with Crippen molar-refractivity contribution in [3.8, 4) is 0 Å².